The fourth-order valence-electron chi connectivity index (χ4n) is 6.53. The van der Waals surface area contributed by atoms with Gasteiger partial charge in [0.15, 0.2) is 19.8 Å². The molecule has 1 aromatic rings. The van der Waals surface area contributed by atoms with Gasteiger partial charge in [0.05, 0.1) is 7.11 Å². The normalized spacial score (nSPS) is 35.3. The third-order valence-corrected chi connectivity index (χ3v) is 10.7. The van der Waals surface area contributed by atoms with Crippen LogP contribution in [0.3, 0.4) is 0 Å². The highest BCUT2D eigenvalue weighted by atomic mass is 28.4. The number of rotatable bonds is 4. The molecule has 4 aliphatic rings. The van der Waals surface area contributed by atoms with Gasteiger partial charge in [-0.1, -0.05) is 37.9 Å². The van der Waals surface area contributed by atoms with E-state index in [4.69, 9.17) is 13.9 Å². The molecule has 1 aromatic carbocycles. The van der Waals surface area contributed by atoms with Crippen molar-refractivity contribution in [2.24, 2.45) is 5.92 Å². The number of piperidine rings is 1. The van der Waals surface area contributed by atoms with Gasteiger partial charge in [0.1, 0.15) is 20.4 Å². The van der Waals surface area contributed by atoms with Crippen molar-refractivity contribution in [1.29, 1.82) is 0 Å². The lowest BCUT2D eigenvalue weighted by atomic mass is 9.53. The van der Waals surface area contributed by atoms with Crippen molar-refractivity contribution >= 4 is 16.6 Å². The second-order valence-electron chi connectivity index (χ2n) is 11.2. The Morgan fingerprint density at radius 1 is 1.10 bits per heavy atom. The Morgan fingerprint density at radius 3 is 2.52 bits per heavy atom. The van der Waals surface area contributed by atoms with E-state index in [1.165, 1.54) is 17.7 Å². The largest absolute Gasteiger partial charge is 0.493 e. The van der Waals surface area contributed by atoms with E-state index in [9.17, 15) is 0 Å². The molecular formula is C23H35NO3Si2. The summed E-state index contributed by atoms with van der Waals surface area (Å²) < 4.78 is 22.1. The number of ether oxygens (including phenoxy) is 2. The molecule has 2 bridgehead atoms. The first-order valence-corrected chi connectivity index (χ1v) is 17.9. The quantitative estimate of drug-likeness (QED) is 0.518. The summed E-state index contributed by atoms with van der Waals surface area (Å²) >= 11 is 0. The van der Waals surface area contributed by atoms with Crippen LogP contribution in [0.25, 0.3) is 0 Å². The van der Waals surface area contributed by atoms with Gasteiger partial charge in [0.2, 0.25) is 0 Å². The molecule has 0 radical (unpaired) electrons. The maximum atomic E-state index is 6.79. The maximum Gasteiger partial charge on any atom is 0.184 e. The van der Waals surface area contributed by atoms with E-state index in [-0.39, 0.29) is 17.6 Å². The Balaban J connectivity index is 1.69. The summed E-state index contributed by atoms with van der Waals surface area (Å²) in [7, 11) is -1.35. The molecule has 5 unspecified atom stereocenters. The number of benzene rings is 1. The summed E-state index contributed by atoms with van der Waals surface area (Å²) in [6, 6.07) is 4.98. The zero-order valence-electron chi connectivity index (χ0n) is 18.9. The van der Waals surface area contributed by atoms with Crippen molar-refractivity contribution in [3.05, 3.63) is 35.4 Å². The van der Waals surface area contributed by atoms with Crippen LogP contribution in [0, 0.1) is 5.92 Å². The molecule has 158 valence electrons. The van der Waals surface area contributed by atoms with Crippen LogP contribution in [0.4, 0.5) is 0 Å². The Morgan fingerprint density at radius 2 is 1.86 bits per heavy atom. The Hall–Kier alpha value is -1.09. The molecule has 0 saturated carbocycles. The van der Waals surface area contributed by atoms with Crippen LogP contribution in [0.2, 0.25) is 39.3 Å². The molecule has 0 N–H and O–H groups in total. The lowest BCUT2D eigenvalue weighted by Gasteiger charge is -2.60. The van der Waals surface area contributed by atoms with Crippen LogP contribution in [0.15, 0.2) is 24.3 Å². The topological polar surface area (TPSA) is 30.9 Å². The molecule has 1 spiro atoms. The van der Waals surface area contributed by atoms with E-state index in [1.54, 1.807) is 7.11 Å². The minimum atomic E-state index is -1.70. The van der Waals surface area contributed by atoms with Crippen molar-refractivity contribution in [1.82, 2.24) is 4.57 Å². The molecule has 4 nitrogen and oxygen atoms in total. The lowest BCUT2D eigenvalue weighted by molar-refractivity contribution is -0.0298. The average Bonchev–Trinajstić information content (AvgIpc) is 2.95. The number of methoxy groups -OCH3 is 1. The number of nitrogens with zero attached hydrogens (tertiary/aromatic N) is 1. The van der Waals surface area contributed by atoms with Gasteiger partial charge in [-0.15, -0.1) is 0 Å². The molecule has 2 aliphatic carbocycles. The van der Waals surface area contributed by atoms with Crippen molar-refractivity contribution in [2.75, 3.05) is 13.7 Å². The van der Waals surface area contributed by atoms with Gasteiger partial charge >= 0.3 is 0 Å². The third kappa shape index (κ3) is 2.75. The lowest BCUT2D eigenvalue weighted by Crippen LogP contribution is -2.69. The summed E-state index contributed by atoms with van der Waals surface area (Å²) in [5.41, 5.74) is 2.93. The molecule has 29 heavy (non-hydrogen) atoms. The first kappa shape index (κ1) is 19.9. The van der Waals surface area contributed by atoms with Crippen LogP contribution < -0.4 is 9.47 Å². The Kier molecular flexibility index (Phi) is 4.26. The second kappa shape index (κ2) is 6.22. The molecule has 1 saturated heterocycles. The summed E-state index contributed by atoms with van der Waals surface area (Å²) in [6.45, 7) is 15.5. The van der Waals surface area contributed by atoms with Gasteiger partial charge in [-0.25, -0.2) is 0 Å². The first-order chi connectivity index (χ1) is 13.6. The van der Waals surface area contributed by atoms with Crippen molar-refractivity contribution in [2.45, 2.75) is 75.8 Å². The standard InChI is InChI=1S/C23H35NO3Si2/c1-25-18-10-8-15-14-17-16-9-11-19(27-29(5,6)7)22-23(16,20(15)21(18)26-22)12-13-24(17)28(2,3)4/h8-11,16-17,19,22H,12-14H2,1-7H3. The van der Waals surface area contributed by atoms with E-state index in [2.05, 4.69) is 68.1 Å². The fourth-order valence-corrected chi connectivity index (χ4v) is 9.58. The van der Waals surface area contributed by atoms with Gasteiger partial charge < -0.3 is 18.5 Å². The average molecular weight is 430 g/mol. The Bertz CT molecular complexity index is 872. The van der Waals surface area contributed by atoms with E-state index < -0.39 is 16.6 Å². The van der Waals surface area contributed by atoms with E-state index in [0.29, 0.717) is 12.0 Å². The SMILES string of the molecule is COc1ccc2c3c1OC1C(O[Si](C)(C)C)C=CC4C(C2)N([Si](C)(C)C)CCC341. The number of hydrogen-bond donors (Lipinski definition) is 0. The van der Waals surface area contributed by atoms with Gasteiger partial charge in [0.25, 0.3) is 0 Å². The van der Waals surface area contributed by atoms with Crippen LogP contribution in [0.1, 0.15) is 17.5 Å². The van der Waals surface area contributed by atoms with E-state index in [1.807, 2.05) is 0 Å². The Labute approximate surface area is 177 Å². The molecular weight excluding hydrogens is 394 g/mol. The van der Waals surface area contributed by atoms with Gasteiger partial charge in [-0.3, -0.25) is 0 Å². The molecule has 5 rings (SSSR count). The second-order valence-corrected chi connectivity index (χ2v) is 20.6. The minimum absolute atomic E-state index is 0.0251. The van der Waals surface area contributed by atoms with Crippen molar-refractivity contribution < 1.29 is 13.9 Å². The predicted molar refractivity (Wildman–Crippen MR) is 122 cm³/mol. The van der Waals surface area contributed by atoms with Crippen LogP contribution in [-0.2, 0) is 16.3 Å². The highest BCUT2D eigenvalue weighted by Gasteiger charge is 2.65. The molecule has 2 heterocycles. The molecule has 1 fully saturated rings. The van der Waals surface area contributed by atoms with Gasteiger partial charge in [0, 0.05) is 22.9 Å². The van der Waals surface area contributed by atoms with Crippen LogP contribution in [0.5, 0.6) is 11.5 Å². The smallest absolute Gasteiger partial charge is 0.184 e. The van der Waals surface area contributed by atoms with Crippen molar-refractivity contribution in [3.8, 4) is 11.5 Å². The minimum Gasteiger partial charge on any atom is -0.493 e. The highest BCUT2D eigenvalue weighted by molar-refractivity contribution is 6.73. The van der Waals surface area contributed by atoms with Crippen molar-refractivity contribution in [3.63, 3.8) is 0 Å². The third-order valence-electron chi connectivity index (χ3n) is 7.41. The molecule has 0 aromatic heterocycles. The van der Waals surface area contributed by atoms with E-state index in [0.717, 1.165) is 24.3 Å². The zero-order chi connectivity index (χ0) is 20.8. The summed E-state index contributed by atoms with van der Waals surface area (Å²) in [5, 5.41) is 0. The molecule has 0 amide bonds. The van der Waals surface area contributed by atoms with Gasteiger partial charge in [-0.05, 0) is 50.7 Å². The predicted octanol–water partition coefficient (Wildman–Crippen LogP) is 4.57. The first-order valence-electron chi connectivity index (χ1n) is 11.1. The summed E-state index contributed by atoms with van der Waals surface area (Å²) in [4.78, 5) is 0. The molecule has 6 heteroatoms. The monoisotopic (exact) mass is 429 g/mol. The van der Waals surface area contributed by atoms with Crippen LogP contribution in [-0.4, -0.2) is 53.0 Å². The summed E-state index contributed by atoms with van der Waals surface area (Å²) in [6.07, 6.45) is 7.17. The summed E-state index contributed by atoms with van der Waals surface area (Å²) in [5.74, 6) is 2.37. The molecule has 2 aliphatic heterocycles. The zero-order valence-corrected chi connectivity index (χ0v) is 20.9. The molecule has 5 atom stereocenters. The van der Waals surface area contributed by atoms with E-state index >= 15 is 0 Å². The van der Waals surface area contributed by atoms with Crippen LogP contribution >= 0.6 is 0 Å². The van der Waals surface area contributed by atoms with Gasteiger partial charge in [-0.2, -0.15) is 0 Å². The number of hydrogen-bond acceptors (Lipinski definition) is 4. The fraction of sp³-hybridized carbons (Fsp3) is 0.652. The maximum absolute atomic E-state index is 6.79. The highest BCUT2D eigenvalue weighted by Crippen LogP contribution is 2.63.